The molecule has 0 bridgehead atoms. The molecule has 0 aromatic heterocycles. The van der Waals surface area contributed by atoms with Crippen molar-refractivity contribution in [2.75, 3.05) is 19.6 Å². The molecular formula is C22H31N3O4. The van der Waals surface area contributed by atoms with E-state index in [0.717, 1.165) is 10.5 Å². The number of ether oxygens (including phenoxy) is 1. The van der Waals surface area contributed by atoms with Gasteiger partial charge in [0.1, 0.15) is 12.1 Å². The lowest BCUT2D eigenvalue weighted by atomic mass is 9.84. The average Bonchev–Trinajstić information content (AvgIpc) is 2.84. The topological polar surface area (TPSA) is 79.0 Å². The largest absolute Gasteiger partial charge is 0.372 e. The Morgan fingerprint density at radius 3 is 2.21 bits per heavy atom. The monoisotopic (exact) mass is 401 g/mol. The molecule has 2 fully saturated rings. The lowest BCUT2D eigenvalue weighted by molar-refractivity contribution is -0.146. The molecule has 3 atom stereocenters. The highest BCUT2D eigenvalue weighted by atomic mass is 16.5. The number of hydrogen-bond acceptors (Lipinski definition) is 4. The molecule has 0 saturated carbocycles. The summed E-state index contributed by atoms with van der Waals surface area (Å²) in [6.07, 6.45) is -0.144. The molecule has 0 spiro atoms. The van der Waals surface area contributed by atoms with Crippen LogP contribution in [-0.2, 0) is 25.3 Å². The summed E-state index contributed by atoms with van der Waals surface area (Å²) in [5.74, 6) is -0.656. The first-order valence-corrected chi connectivity index (χ1v) is 10.1. The van der Waals surface area contributed by atoms with Crippen LogP contribution >= 0.6 is 0 Å². The van der Waals surface area contributed by atoms with E-state index in [1.165, 1.54) is 0 Å². The number of benzene rings is 1. The Morgan fingerprint density at radius 1 is 1.14 bits per heavy atom. The van der Waals surface area contributed by atoms with Crippen LogP contribution in [-0.4, -0.2) is 59.5 Å². The van der Waals surface area contributed by atoms with Crippen LogP contribution in [0, 0.1) is 0 Å². The minimum atomic E-state index is -1.18. The molecule has 7 heteroatoms. The number of imide groups is 1. The van der Waals surface area contributed by atoms with Crippen LogP contribution < -0.4 is 5.32 Å². The van der Waals surface area contributed by atoms with Gasteiger partial charge in [0.15, 0.2) is 0 Å². The summed E-state index contributed by atoms with van der Waals surface area (Å²) in [6, 6.07) is 7.15. The first-order valence-electron chi connectivity index (χ1n) is 10.1. The SMILES string of the molecule is C[C@@H]1CN(C(=O)CN2C(=O)N[C@@](C)(c3ccc(C(C)(C)C)cc3)C2=O)C[C@H](C)O1. The molecule has 2 aliphatic rings. The maximum atomic E-state index is 13.1. The second-order valence-corrected chi connectivity index (χ2v) is 9.33. The number of urea groups is 1. The lowest BCUT2D eigenvalue weighted by Crippen LogP contribution is -2.52. The summed E-state index contributed by atoms with van der Waals surface area (Å²) >= 11 is 0. The van der Waals surface area contributed by atoms with Crippen LogP contribution in [0.3, 0.4) is 0 Å². The second kappa shape index (κ2) is 7.44. The van der Waals surface area contributed by atoms with Crippen LogP contribution in [0.25, 0.3) is 0 Å². The highest BCUT2D eigenvalue weighted by Crippen LogP contribution is 2.31. The van der Waals surface area contributed by atoms with E-state index in [1.54, 1.807) is 11.8 Å². The van der Waals surface area contributed by atoms with Crippen LogP contribution in [0.5, 0.6) is 0 Å². The zero-order chi connectivity index (χ0) is 21.6. The fourth-order valence-electron chi connectivity index (χ4n) is 3.96. The molecule has 158 valence electrons. The third-order valence-corrected chi connectivity index (χ3v) is 5.67. The predicted octanol–water partition coefficient (Wildman–Crippen LogP) is 2.39. The lowest BCUT2D eigenvalue weighted by Gasteiger charge is -2.35. The van der Waals surface area contributed by atoms with Gasteiger partial charge in [-0.25, -0.2) is 4.79 Å². The fourth-order valence-corrected chi connectivity index (χ4v) is 3.96. The summed E-state index contributed by atoms with van der Waals surface area (Å²) in [5, 5.41) is 2.77. The maximum absolute atomic E-state index is 13.1. The third-order valence-electron chi connectivity index (χ3n) is 5.67. The van der Waals surface area contributed by atoms with Gasteiger partial charge in [-0.3, -0.25) is 14.5 Å². The van der Waals surface area contributed by atoms with E-state index in [0.29, 0.717) is 18.7 Å². The van der Waals surface area contributed by atoms with E-state index in [4.69, 9.17) is 4.74 Å². The van der Waals surface area contributed by atoms with Crippen molar-refractivity contribution in [2.45, 2.75) is 64.7 Å². The standard InChI is InChI=1S/C22H31N3O4/c1-14-11-24(12-15(2)29-14)18(26)13-25-19(27)22(6,23-20(25)28)17-9-7-16(8-10-17)21(3,4)5/h7-10,14-15H,11-13H2,1-6H3,(H,23,28)/t14-,15+,22-/m0/s1. The van der Waals surface area contributed by atoms with Crippen molar-refractivity contribution in [1.82, 2.24) is 15.1 Å². The molecular weight excluding hydrogens is 370 g/mol. The van der Waals surface area contributed by atoms with Gasteiger partial charge in [0.2, 0.25) is 5.91 Å². The van der Waals surface area contributed by atoms with E-state index < -0.39 is 17.5 Å². The van der Waals surface area contributed by atoms with Gasteiger partial charge in [0.05, 0.1) is 12.2 Å². The Balaban J connectivity index is 1.76. The number of morpholine rings is 1. The maximum Gasteiger partial charge on any atom is 0.325 e. The minimum Gasteiger partial charge on any atom is -0.372 e. The fraction of sp³-hybridized carbons (Fsp3) is 0.591. The number of nitrogens with zero attached hydrogens (tertiary/aromatic N) is 2. The zero-order valence-corrected chi connectivity index (χ0v) is 18.1. The molecule has 29 heavy (non-hydrogen) atoms. The van der Waals surface area contributed by atoms with Gasteiger partial charge in [0.25, 0.3) is 5.91 Å². The van der Waals surface area contributed by atoms with E-state index in [9.17, 15) is 14.4 Å². The number of amides is 4. The first-order chi connectivity index (χ1) is 13.4. The van der Waals surface area contributed by atoms with Crippen LogP contribution in [0.2, 0.25) is 0 Å². The van der Waals surface area contributed by atoms with Gasteiger partial charge in [0, 0.05) is 13.1 Å². The predicted molar refractivity (Wildman–Crippen MR) is 109 cm³/mol. The molecule has 1 aromatic rings. The van der Waals surface area contributed by atoms with E-state index in [1.807, 2.05) is 38.1 Å². The highest BCUT2D eigenvalue weighted by molar-refractivity contribution is 6.09. The third kappa shape index (κ3) is 4.15. The Morgan fingerprint density at radius 2 is 1.69 bits per heavy atom. The van der Waals surface area contributed by atoms with E-state index >= 15 is 0 Å². The Bertz CT molecular complexity index is 804. The van der Waals surface area contributed by atoms with Gasteiger partial charge in [-0.2, -0.15) is 0 Å². The second-order valence-electron chi connectivity index (χ2n) is 9.33. The van der Waals surface area contributed by atoms with Gasteiger partial charge in [-0.1, -0.05) is 45.0 Å². The number of nitrogens with one attached hydrogen (secondary N) is 1. The molecule has 2 heterocycles. The van der Waals surface area contributed by atoms with Gasteiger partial charge < -0.3 is 15.0 Å². The van der Waals surface area contributed by atoms with Crippen molar-refractivity contribution >= 4 is 17.8 Å². The smallest absolute Gasteiger partial charge is 0.325 e. The van der Waals surface area contributed by atoms with Crippen LogP contribution in [0.1, 0.15) is 52.7 Å². The number of carbonyl (C=O) groups is 3. The van der Waals surface area contributed by atoms with E-state index in [2.05, 4.69) is 26.1 Å². The Labute approximate surface area is 172 Å². The summed E-state index contributed by atoms with van der Waals surface area (Å²) < 4.78 is 5.65. The van der Waals surface area contributed by atoms with Crippen molar-refractivity contribution in [2.24, 2.45) is 0 Å². The van der Waals surface area contributed by atoms with Crippen molar-refractivity contribution in [3.05, 3.63) is 35.4 Å². The number of carbonyl (C=O) groups excluding carboxylic acids is 3. The molecule has 0 radical (unpaired) electrons. The molecule has 7 nitrogen and oxygen atoms in total. The Hall–Kier alpha value is -2.41. The molecule has 2 saturated heterocycles. The quantitative estimate of drug-likeness (QED) is 0.789. The zero-order valence-electron chi connectivity index (χ0n) is 18.1. The van der Waals surface area contributed by atoms with Crippen molar-refractivity contribution in [3.8, 4) is 0 Å². The van der Waals surface area contributed by atoms with Gasteiger partial charge >= 0.3 is 6.03 Å². The van der Waals surface area contributed by atoms with E-state index in [-0.39, 0.29) is 30.1 Å². The van der Waals surface area contributed by atoms with Crippen molar-refractivity contribution in [3.63, 3.8) is 0 Å². The Kier molecular flexibility index (Phi) is 5.47. The summed E-state index contributed by atoms with van der Waals surface area (Å²) in [5.41, 5.74) is 0.656. The first kappa shape index (κ1) is 21.3. The summed E-state index contributed by atoms with van der Waals surface area (Å²) in [7, 11) is 0. The molecule has 1 aromatic carbocycles. The van der Waals surface area contributed by atoms with Crippen LogP contribution in [0.15, 0.2) is 24.3 Å². The molecule has 0 aliphatic carbocycles. The minimum absolute atomic E-state index is 0.00669. The molecule has 3 rings (SSSR count). The average molecular weight is 402 g/mol. The van der Waals surface area contributed by atoms with Crippen molar-refractivity contribution in [1.29, 1.82) is 0 Å². The molecule has 4 amide bonds. The normalized spacial score (nSPS) is 27.9. The number of hydrogen-bond donors (Lipinski definition) is 1. The molecule has 2 aliphatic heterocycles. The van der Waals surface area contributed by atoms with Crippen LogP contribution in [0.4, 0.5) is 4.79 Å². The van der Waals surface area contributed by atoms with Gasteiger partial charge in [-0.05, 0) is 37.3 Å². The summed E-state index contributed by atoms with van der Waals surface area (Å²) in [4.78, 5) is 41.1. The highest BCUT2D eigenvalue weighted by Gasteiger charge is 2.50. The van der Waals surface area contributed by atoms with Crippen molar-refractivity contribution < 1.29 is 19.1 Å². The number of rotatable bonds is 3. The molecule has 0 unspecified atom stereocenters. The summed E-state index contributed by atoms with van der Waals surface area (Å²) in [6.45, 7) is 12.5. The molecule has 1 N–H and O–H groups in total. The van der Waals surface area contributed by atoms with Gasteiger partial charge in [-0.15, -0.1) is 0 Å².